The van der Waals surface area contributed by atoms with E-state index in [4.69, 9.17) is 0 Å². The molecule has 1 fully saturated rings. The van der Waals surface area contributed by atoms with Gasteiger partial charge in [-0.1, -0.05) is 20.3 Å². The van der Waals surface area contributed by atoms with E-state index < -0.39 is 0 Å². The van der Waals surface area contributed by atoms with Crippen molar-refractivity contribution in [2.45, 2.75) is 58.2 Å². The van der Waals surface area contributed by atoms with Crippen molar-refractivity contribution in [1.29, 1.82) is 0 Å². The predicted molar refractivity (Wildman–Crippen MR) is 80.0 cm³/mol. The van der Waals surface area contributed by atoms with Crippen molar-refractivity contribution in [3.63, 3.8) is 0 Å². The van der Waals surface area contributed by atoms with Gasteiger partial charge >= 0.3 is 0 Å². The molecule has 0 aliphatic carbocycles. The van der Waals surface area contributed by atoms with Crippen LogP contribution >= 0.6 is 0 Å². The van der Waals surface area contributed by atoms with Crippen molar-refractivity contribution in [3.8, 4) is 0 Å². The van der Waals surface area contributed by atoms with Gasteiger partial charge in [-0.3, -0.25) is 9.88 Å². The molecule has 0 amide bonds. The van der Waals surface area contributed by atoms with E-state index in [0.29, 0.717) is 6.04 Å². The first-order valence-electron chi connectivity index (χ1n) is 7.65. The molecule has 1 aromatic heterocycles. The molecule has 2 heterocycles. The zero-order chi connectivity index (χ0) is 14.6. The van der Waals surface area contributed by atoms with Gasteiger partial charge in [-0.15, -0.1) is 0 Å². The summed E-state index contributed by atoms with van der Waals surface area (Å²) in [6, 6.07) is 2.14. The Kier molecular flexibility index (Phi) is 5.11. The van der Waals surface area contributed by atoms with Crippen LogP contribution in [0.25, 0.3) is 0 Å². The lowest BCUT2D eigenvalue weighted by molar-refractivity contribution is 0.0395. The average molecular weight is 279 g/mol. The first kappa shape index (κ1) is 15.4. The normalized spacial score (nSPS) is 27.7. The minimum Gasteiger partial charge on any atom is -0.311 e. The van der Waals surface area contributed by atoms with Crippen molar-refractivity contribution in [3.05, 3.63) is 29.8 Å². The van der Waals surface area contributed by atoms with Gasteiger partial charge < -0.3 is 5.32 Å². The van der Waals surface area contributed by atoms with E-state index in [1.54, 1.807) is 12.3 Å². The monoisotopic (exact) mass is 279 g/mol. The molecule has 1 saturated heterocycles. The second-order valence-electron chi connectivity index (χ2n) is 6.11. The molecule has 1 aromatic rings. The number of hydrogen-bond donors (Lipinski definition) is 1. The van der Waals surface area contributed by atoms with Crippen LogP contribution in [0, 0.1) is 5.82 Å². The molecule has 2 unspecified atom stereocenters. The molecule has 0 radical (unpaired) electrons. The molecule has 1 N–H and O–H groups in total. The van der Waals surface area contributed by atoms with Crippen molar-refractivity contribution in [2.75, 3.05) is 13.1 Å². The summed E-state index contributed by atoms with van der Waals surface area (Å²) < 4.78 is 13.3. The molecular formula is C16H26FN3. The van der Waals surface area contributed by atoms with Gasteiger partial charge in [0, 0.05) is 37.4 Å². The fourth-order valence-corrected chi connectivity index (χ4v) is 2.94. The Morgan fingerprint density at radius 2 is 2.25 bits per heavy atom. The predicted octanol–water partition coefficient (Wildman–Crippen LogP) is 2.96. The Balaban J connectivity index is 2.11. The number of pyridine rings is 1. The van der Waals surface area contributed by atoms with Crippen molar-refractivity contribution < 1.29 is 4.39 Å². The highest BCUT2D eigenvalue weighted by Gasteiger charge is 2.35. The fraction of sp³-hybridized carbons (Fsp3) is 0.688. The number of aromatic nitrogens is 1. The quantitative estimate of drug-likeness (QED) is 0.898. The summed E-state index contributed by atoms with van der Waals surface area (Å²) in [5.74, 6) is -0.249. The van der Waals surface area contributed by atoms with Crippen LogP contribution in [0.2, 0.25) is 0 Å². The van der Waals surface area contributed by atoms with Crippen LogP contribution < -0.4 is 5.32 Å². The smallest absolute Gasteiger partial charge is 0.141 e. The molecule has 3 nitrogen and oxygen atoms in total. The van der Waals surface area contributed by atoms with Crippen LogP contribution in [0.3, 0.4) is 0 Å². The van der Waals surface area contributed by atoms with E-state index >= 15 is 0 Å². The van der Waals surface area contributed by atoms with Gasteiger partial charge in [-0.2, -0.15) is 0 Å². The number of nitrogens with one attached hydrogen (secondary N) is 1. The van der Waals surface area contributed by atoms with Crippen LogP contribution in [-0.4, -0.2) is 34.6 Å². The van der Waals surface area contributed by atoms with Gasteiger partial charge in [0.15, 0.2) is 0 Å². The minimum atomic E-state index is -0.249. The van der Waals surface area contributed by atoms with Gasteiger partial charge in [0.25, 0.3) is 0 Å². The third kappa shape index (κ3) is 3.55. The number of rotatable bonds is 5. The maximum Gasteiger partial charge on any atom is 0.141 e. The minimum absolute atomic E-state index is 0.135. The number of nitrogens with zero attached hydrogens (tertiary/aromatic N) is 2. The van der Waals surface area contributed by atoms with Crippen molar-refractivity contribution in [2.24, 2.45) is 0 Å². The number of piperazine rings is 1. The highest BCUT2D eigenvalue weighted by atomic mass is 19.1. The van der Waals surface area contributed by atoms with Gasteiger partial charge in [0.1, 0.15) is 5.82 Å². The third-order valence-corrected chi connectivity index (χ3v) is 4.51. The van der Waals surface area contributed by atoms with Crippen LogP contribution in [0.1, 0.15) is 45.6 Å². The van der Waals surface area contributed by atoms with Crippen LogP contribution in [0.4, 0.5) is 4.39 Å². The molecule has 2 rings (SSSR count). The zero-order valence-corrected chi connectivity index (χ0v) is 12.8. The van der Waals surface area contributed by atoms with E-state index in [0.717, 1.165) is 31.6 Å². The Morgan fingerprint density at radius 1 is 1.45 bits per heavy atom. The molecule has 2 atom stereocenters. The summed E-state index contributed by atoms with van der Waals surface area (Å²) in [6.07, 6.45) is 6.51. The molecule has 0 saturated carbocycles. The molecule has 0 spiro atoms. The molecule has 1 aliphatic heterocycles. The van der Waals surface area contributed by atoms with E-state index in [-0.39, 0.29) is 11.4 Å². The van der Waals surface area contributed by atoms with Gasteiger partial charge in [0.2, 0.25) is 0 Å². The molecular weight excluding hydrogens is 253 g/mol. The van der Waals surface area contributed by atoms with Crippen molar-refractivity contribution >= 4 is 0 Å². The van der Waals surface area contributed by atoms with Gasteiger partial charge in [-0.05, 0) is 31.4 Å². The molecule has 1 aliphatic rings. The standard InChI is InChI=1S/C16H26FN3/c1-4-6-15-11-20(16(3,5-2)12-19-15)10-13-7-14(17)9-18-8-13/h7-9,15,19H,4-6,10-12H2,1-3H3. The second kappa shape index (κ2) is 6.64. The largest absolute Gasteiger partial charge is 0.311 e. The topological polar surface area (TPSA) is 28.2 Å². The summed E-state index contributed by atoms with van der Waals surface area (Å²) in [5.41, 5.74) is 1.10. The molecule has 4 heteroatoms. The summed E-state index contributed by atoms with van der Waals surface area (Å²) in [4.78, 5) is 6.45. The number of hydrogen-bond acceptors (Lipinski definition) is 3. The first-order chi connectivity index (χ1) is 9.57. The SMILES string of the molecule is CCCC1CN(Cc2cncc(F)c2)C(C)(CC)CN1. The van der Waals surface area contributed by atoms with Gasteiger partial charge in [-0.25, -0.2) is 4.39 Å². The Bertz CT molecular complexity index is 437. The lowest BCUT2D eigenvalue weighted by Crippen LogP contribution is -2.62. The first-order valence-corrected chi connectivity index (χ1v) is 7.65. The molecule has 0 aromatic carbocycles. The summed E-state index contributed by atoms with van der Waals surface area (Å²) in [6.45, 7) is 9.52. The van der Waals surface area contributed by atoms with Crippen LogP contribution in [0.5, 0.6) is 0 Å². The average Bonchev–Trinajstić information content (AvgIpc) is 2.43. The van der Waals surface area contributed by atoms with Gasteiger partial charge in [0.05, 0.1) is 6.20 Å². The maximum atomic E-state index is 13.3. The summed E-state index contributed by atoms with van der Waals surface area (Å²) in [5, 5.41) is 3.66. The van der Waals surface area contributed by atoms with E-state index in [9.17, 15) is 4.39 Å². The number of halogens is 1. The van der Waals surface area contributed by atoms with Crippen LogP contribution in [0.15, 0.2) is 18.5 Å². The Labute approximate surface area is 121 Å². The lowest BCUT2D eigenvalue weighted by atomic mass is 9.90. The lowest BCUT2D eigenvalue weighted by Gasteiger charge is -2.48. The van der Waals surface area contributed by atoms with Crippen molar-refractivity contribution in [1.82, 2.24) is 15.2 Å². The second-order valence-corrected chi connectivity index (χ2v) is 6.11. The Morgan fingerprint density at radius 3 is 2.90 bits per heavy atom. The zero-order valence-electron chi connectivity index (χ0n) is 12.8. The fourth-order valence-electron chi connectivity index (χ4n) is 2.94. The van der Waals surface area contributed by atoms with Crippen LogP contribution in [-0.2, 0) is 6.54 Å². The Hall–Kier alpha value is -1.00. The van der Waals surface area contributed by atoms with E-state index in [1.807, 2.05) is 0 Å². The molecule has 20 heavy (non-hydrogen) atoms. The third-order valence-electron chi connectivity index (χ3n) is 4.51. The molecule has 0 bridgehead atoms. The highest BCUT2D eigenvalue weighted by molar-refractivity contribution is 5.11. The highest BCUT2D eigenvalue weighted by Crippen LogP contribution is 2.26. The molecule has 112 valence electrons. The van der Waals surface area contributed by atoms with E-state index in [1.165, 1.54) is 19.0 Å². The van der Waals surface area contributed by atoms with E-state index in [2.05, 4.69) is 36.0 Å². The maximum absolute atomic E-state index is 13.3. The summed E-state index contributed by atoms with van der Waals surface area (Å²) in [7, 11) is 0. The summed E-state index contributed by atoms with van der Waals surface area (Å²) >= 11 is 0.